The van der Waals surface area contributed by atoms with Crippen molar-refractivity contribution in [1.29, 1.82) is 0 Å². The second-order valence-electron chi connectivity index (χ2n) is 8.92. The number of nitrogens with zero attached hydrogens (tertiary/aromatic N) is 1. The summed E-state index contributed by atoms with van der Waals surface area (Å²) in [5.41, 5.74) is -0.0526. The van der Waals surface area contributed by atoms with Crippen LogP contribution in [0.15, 0.2) is 9.82 Å². The minimum atomic E-state index is -1.15. The number of carboxylic acids is 1. The standard InChI is InChI=1S/C19H20N2O5S2/c22-9(23)6-21-16(24)10-7-5-8(11(10)17(21)25)13-12(7)19(3-1-2-4-19)14-15(27-13)20-18(26)28-14/h7-8,10-13H,1-6H2,(H,20,26)(H,22,23)/t7-,8+,10-,11+,12+,13+/m0/s1. The quantitative estimate of drug-likeness (QED) is 0.705. The molecule has 2 amide bonds. The second kappa shape index (κ2) is 5.50. The Morgan fingerprint density at radius 3 is 2.50 bits per heavy atom. The monoisotopic (exact) mass is 420 g/mol. The van der Waals surface area contributed by atoms with Crippen LogP contribution in [0.2, 0.25) is 0 Å². The highest BCUT2D eigenvalue weighted by atomic mass is 32.2. The maximum Gasteiger partial charge on any atom is 0.323 e. The van der Waals surface area contributed by atoms with E-state index in [2.05, 4.69) is 4.98 Å². The summed E-state index contributed by atoms with van der Waals surface area (Å²) < 4.78 is 0. The van der Waals surface area contributed by atoms with Gasteiger partial charge in [-0.3, -0.25) is 24.1 Å². The van der Waals surface area contributed by atoms with E-state index in [9.17, 15) is 19.2 Å². The lowest BCUT2D eigenvalue weighted by Crippen LogP contribution is -2.49. The minimum absolute atomic E-state index is 0.0175. The largest absolute Gasteiger partial charge is 0.480 e. The number of thioether (sulfide) groups is 1. The summed E-state index contributed by atoms with van der Waals surface area (Å²) in [6.45, 7) is -0.529. The Balaban J connectivity index is 1.45. The number of nitrogens with one attached hydrogen (secondary N) is 1. The highest BCUT2D eigenvalue weighted by Gasteiger charge is 2.72. The van der Waals surface area contributed by atoms with Crippen LogP contribution in [-0.4, -0.2) is 44.6 Å². The summed E-state index contributed by atoms with van der Waals surface area (Å²) in [6, 6.07) is 0. The van der Waals surface area contributed by atoms with Gasteiger partial charge in [0.15, 0.2) is 0 Å². The molecule has 2 aliphatic heterocycles. The molecule has 3 aliphatic carbocycles. The number of carbonyl (C=O) groups excluding carboxylic acids is 2. The molecule has 1 spiro atoms. The Kier molecular flexibility index (Phi) is 3.39. The van der Waals surface area contributed by atoms with E-state index >= 15 is 0 Å². The predicted molar refractivity (Wildman–Crippen MR) is 101 cm³/mol. The van der Waals surface area contributed by atoms with Crippen LogP contribution < -0.4 is 4.87 Å². The molecule has 5 aliphatic rings. The molecule has 6 atom stereocenters. The molecule has 1 aromatic rings. The molecular formula is C19H20N2O5S2. The van der Waals surface area contributed by atoms with Crippen LogP contribution >= 0.6 is 23.1 Å². The predicted octanol–water partition coefficient (Wildman–Crippen LogP) is 1.67. The number of fused-ring (bicyclic) bond motifs is 11. The van der Waals surface area contributed by atoms with Crippen molar-refractivity contribution in [2.24, 2.45) is 29.6 Å². The lowest BCUT2D eigenvalue weighted by atomic mass is 9.61. The van der Waals surface area contributed by atoms with Gasteiger partial charge in [-0.05, 0) is 37.0 Å². The minimum Gasteiger partial charge on any atom is -0.480 e. The van der Waals surface area contributed by atoms with Gasteiger partial charge in [-0.2, -0.15) is 0 Å². The SMILES string of the molecule is O=C(O)CN1C(=O)[C@@H]2[C@H]3C[C@@H]([C@@H]2C1=O)[C@@H]1[C@@H]3Sc2[nH]c(=O)sc2C12CCCC2. The van der Waals surface area contributed by atoms with Gasteiger partial charge >= 0.3 is 10.8 Å². The van der Waals surface area contributed by atoms with Crippen molar-refractivity contribution in [2.75, 3.05) is 6.54 Å². The van der Waals surface area contributed by atoms with E-state index in [0.29, 0.717) is 5.92 Å². The molecule has 3 saturated carbocycles. The summed E-state index contributed by atoms with van der Waals surface area (Å²) >= 11 is 3.02. The topological polar surface area (TPSA) is 108 Å². The number of aromatic nitrogens is 1. The zero-order chi connectivity index (χ0) is 19.4. The van der Waals surface area contributed by atoms with Crippen molar-refractivity contribution in [3.63, 3.8) is 0 Å². The molecule has 0 unspecified atom stereocenters. The molecule has 3 heterocycles. The Bertz CT molecular complexity index is 977. The van der Waals surface area contributed by atoms with Crippen LogP contribution in [0.1, 0.15) is 37.0 Å². The van der Waals surface area contributed by atoms with Crippen LogP contribution in [0.3, 0.4) is 0 Å². The van der Waals surface area contributed by atoms with E-state index in [1.54, 1.807) is 11.8 Å². The molecule has 1 saturated heterocycles. The third-order valence-corrected chi connectivity index (χ3v) is 10.6. The fourth-order valence-electron chi connectivity index (χ4n) is 7.26. The first-order valence-corrected chi connectivity index (χ1v) is 11.6. The van der Waals surface area contributed by atoms with Crippen LogP contribution in [-0.2, 0) is 19.8 Å². The van der Waals surface area contributed by atoms with Gasteiger partial charge in [0.1, 0.15) is 6.54 Å². The fraction of sp³-hybridized carbons (Fsp3) is 0.684. The number of carbonyl (C=O) groups is 3. The summed E-state index contributed by atoms with van der Waals surface area (Å²) in [5.74, 6) is -1.96. The molecule has 0 radical (unpaired) electrons. The van der Waals surface area contributed by atoms with E-state index in [4.69, 9.17) is 5.11 Å². The van der Waals surface area contributed by atoms with Gasteiger partial charge in [-0.15, -0.1) is 11.8 Å². The summed E-state index contributed by atoms with van der Waals surface area (Å²) in [5, 5.41) is 10.3. The Morgan fingerprint density at radius 1 is 1.14 bits per heavy atom. The number of imide groups is 1. The number of carboxylic acid groups (broad SMARTS) is 1. The molecule has 2 bridgehead atoms. The van der Waals surface area contributed by atoms with Gasteiger partial charge < -0.3 is 10.1 Å². The molecule has 28 heavy (non-hydrogen) atoms. The number of hydrogen-bond acceptors (Lipinski definition) is 6. The molecule has 9 heteroatoms. The average molecular weight is 421 g/mol. The summed E-state index contributed by atoms with van der Waals surface area (Å²) in [4.78, 5) is 54.4. The van der Waals surface area contributed by atoms with Gasteiger partial charge in [-0.1, -0.05) is 24.2 Å². The number of aliphatic carboxylic acids is 1. The summed E-state index contributed by atoms with van der Waals surface area (Å²) in [6.07, 6.45) is 5.21. The van der Waals surface area contributed by atoms with E-state index < -0.39 is 12.5 Å². The molecule has 2 N–H and O–H groups in total. The summed E-state index contributed by atoms with van der Waals surface area (Å²) in [7, 11) is 0. The van der Waals surface area contributed by atoms with Crippen LogP contribution in [0.25, 0.3) is 0 Å². The van der Waals surface area contributed by atoms with Gasteiger partial charge in [0.05, 0.1) is 16.9 Å². The lowest BCUT2D eigenvalue weighted by molar-refractivity contribution is -0.150. The van der Waals surface area contributed by atoms with Gasteiger partial charge in [0.2, 0.25) is 11.8 Å². The highest BCUT2D eigenvalue weighted by molar-refractivity contribution is 8.00. The van der Waals surface area contributed by atoms with Gasteiger partial charge in [0.25, 0.3) is 0 Å². The Morgan fingerprint density at radius 2 is 1.82 bits per heavy atom. The first-order valence-electron chi connectivity index (χ1n) is 9.89. The molecular weight excluding hydrogens is 400 g/mol. The van der Waals surface area contributed by atoms with Gasteiger partial charge in [-0.25, -0.2) is 0 Å². The lowest BCUT2D eigenvalue weighted by Gasteiger charge is -2.49. The average Bonchev–Trinajstić information content (AvgIpc) is 3.41. The molecule has 6 rings (SSSR count). The smallest absolute Gasteiger partial charge is 0.323 e. The van der Waals surface area contributed by atoms with E-state index in [1.165, 1.54) is 16.2 Å². The normalized spacial score (nSPS) is 39.5. The number of rotatable bonds is 2. The van der Waals surface area contributed by atoms with Crippen molar-refractivity contribution in [2.45, 2.75) is 47.8 Å². The number of hydrogen-bond donors (Lipinski definition) is 2. The van der Waals surface area contributed by atoms with E-state index in [1.807, 2.05) is 0 Å². The number of likely N-dealkylation sites (tertiary alicyclic amines) is 1. The van der Waals surface area contributed by atoms with Crippen LogP contribution in [0.5, 0.6) is 0 Å². The third-order valence-electron chi connectivity index (χ3n) is 7.94. The number of H-pyrrole nitrogens is 1. The van der Waals surface area contributed by atoms with E-state index in [0.717, 1.165) is 42.0 Å². The number of aromatic amines is 1. The molecule has 7 nitrogen and oxygen atoms in total. The maximum absolute atomic E-state index is 13.0. The Hall–Kier alpha value is -1.61. The van der Waals surface area contributed by atoms with Crippen molar-refractivity contribution < 1.29 is 19.5 Å². The molecule has 1 aromatic heterocycles. The van der Waals surface area contributed by atoms with E-state index in [-0.39, 0.29) is 51.0 Å². The van der Waals surface area contributed by atoms with Crippen LogP contribution in [0, 0.1) is 29.6 Å². The zero-order valence-corrected chi connectivity index (χ0v) is 16.7. The highest BCUT2D eigenvalue weighted by Crippen LogP contribution is 2.71. The molecule has 148 valence electrons. The van der Waals surface area contributed by atoms with Gasteiger partial charge in [0, 0.05) is 15.5 Å². The Labute approximate surface area is 168 Å². The first-order chi connectivity index (χ1) is 13.4. The first kappa shape index (κ1) is 17.3. The van der Waals surface area contributed by atoms with Crippen molar-refractivity contribution in [1.82, 2.24) is 9.88 Å². The molecule has 4 fully saturated rings. The number of amides is 2. The molecule has 0 aromatic carbocycles. The maximum atomic E-state index is 13.0. The number of thiazole rings is 1. The van der Waals surface area contributed by atoms with Crippen molar-refractivity contribution >= 4 is 40.9 Å². The van der Waals surface area contributed by atoms with Crippen molar-refractivity contribution in [3.8, 4) is 0 Å². The second-order valence-corrected chi connectivity index (χ2v) is 11.1. The zero-order valence-electron chi connectivity index (χ0n) is 15.1. The van der Waals surface area contributed by atoms with Crippen molar-refractivity contribution in [3.05, 3.63) is 14.5 Å². The fourth-order valence-corrected chi connectivity index (χ4v) is 10.4. The third kappa shape index (κ3) is 1.92. The van der Waals surface area contributed by atoms with Crippen LogP contribution in [0.4, 0.5) is 0 Å².